The fraction of sp³-hybridized carbons (Fsp3) is 0.667. The SMILES string of the molecule is CC1=[N+](C)C(C)CN1C.CC1=[N+](C)C(C)CN1C.O=C([O-])/C=C\C(=O)[O-]. The molecule has 148 valence electrons. The van der Waals surface area contributed by atoms with Crippen LogP contribution in [0, 0.1) is 0 Å². The Morgan fingerprint density at radius 3 is 1.23 bits per heavy atom. The van der Waals surface area contributed by atoms with Gasteiger partial charge in [0.05, 0.1) is 40.1 Å². The maximum absolute atomic E-state index is 9.41. The molecule has 2 aliphatic heterocycles. The number of likely N-dealkylation sites (N-methyl/N-ethyl adjacent to an activating group) is 4. The van der Waals surface area contributed by atoms with E-state index in [1.54, 1.807) is 0 Å². The summed E-state index contributed by atoms with van der Waals surface area (Å²) in [5.74, 6) is -0.339. The molecule has 2 unspecified atom stereocenters. The molecule has 0 fully saturated rings. The molecule has 8 heteroatoms. The molecule has 0 aromatic carbocycles. The van der Waals surface area contributed by atoms with Crippen molar-refractivity contribution in [1.29, 1.82) is 0 Å². The van der Waals surface area contributed by atoms with Gasteiger partial charge >= 0.3 is 0 Å². The Bertz CT molecular complexity index is 526. The van der Waals surface area contributed by atoms with Crippen molar-refractivity contribution in [3.05, 3.63) is 12.2 Å². The zero-order valence-electron chi connectivity index (χ0n) is 17.1. The number of nitrogens with zero attached hydrogens (tertiary/aromatic N) is 4. The number of aliphatic carboxylic acids is 2. The van der Waals surface area contributed by atoms with Crippen LogP contribution in [0.2, 0.25) is 0 Å². The molecule has 2 atom stereocenters. The lowest BCUT2D eigenvalue weighted by Gasteiger charge is -1.99. The first-order valence-electron chi connectivity index (χ1n) is 8.53. The van der Waals surface area contributed by atoms with Crippen molar-refractivity contribution in [2.24, 2.45) is 0 Å². The lowest BCUT2D eigenvalue weighted by atomic mass is 10.3. The highest BCUT2D eigenvalue weighted by Crippen LogP contribution is 2.03. The number of carbonyl (C=O) groups is 2. The van der Waals surface area contributed by atoms with Crippen molar-refractivity contribution in [3.63, 3.8) is 0 Å². The summed E-state index contributed by atoms with van der Waals surface area (Å²) in [6.07, 6.45) is 0.769. The molecule has 2 aliphatic rings. The van der Waals surface area contributed by atoms with Crippen LogP contribution in [0.1, 0.15) is 27.7 Å². The van der Waals surface area contributed by atoms with Gasteiger partial charge in [0.2, 0.25) is 11.7 Å². The Labute approximate surface area is 156 Å². The van der Waals surface area contributed by atoms with Crippen molar-refractivity contribution in [2.75, 3.05) is 41.3 Å². The number of carbonyl (C=O) groups excluding carboxylic acids is 2. The van der Waals surface area contributed by atoms with E-state index >= 15 is 0 Å². The average molecular weight is 368 g/mol. The molecular weight excluding hydrogens is 336 g/mol. The van der Waals surface area contributed by atoms with E-state index in [4.69, 9.17) is 0 Å². The van der Waals surface area contributed by atoms with Gasteiger partial charge in [-0.1, -0.05) is 0 Å². The van der Waals surface area contributed by atoms with E-state index in [0.29, 0.717) is 24.2 Å². The highest BCUT2D eigenvalue weighted by molar-refractivity contribution is 5.87. The zero-order valence-corrected chi connectivity index (χ0v) is 17.1. The summed E-state index contributed by atoms with van der Waals surface area (Å²) in [6.45, 7) is 11.1. The van der Waals surface area contributed by atoms with Crippen molar-refractivity contribution in [1.82, 2.24) is 9.80 Å². The van der Waals surface area contributed by atoms with Gasteiger partial charge in [-0.3, -0.25) is 19.0 Å². The molecule has 26 heavy (non-hydrogen) atoms. The molecule has 2 rings (SSSR count). The van der Waals surface area contributed by atoms with Gasteiger partial charge in [-0.05, 0) is 26.0 Å². The largest absolute Gasteiger partial charge is 0.545 e. The minimum atomic E-state index is -1.55. The summed E-state index contributed by atoms with van der Waals surface area (Å²) >= 11 is 0. The lowest BCUT2D eigenvalue weighted by molar-refractivity contribution is -0.523. The van der Waals surface area contributed by atoms with Crippen LogP contribution in [0.3, 0.4) is 0 Å². The van der Waals surface area contributed by atoms with Crippen molar-refractivity contribution in [2.45, 2.75) is 39.8 Å². The third-order valence-corrected chi connectivity index (χ3v) is 4.88. The fourth-order valence-electron chi connectivity index (χ4n) is 2.61. The Hall–Kier alpha value is -2.38. The number of carboxylic acid groups (broad SMARTS) is 2. The molecular formula is C18H32N4O4. The first-order chi connectivity index (χ1) is 11.9. The second-order valence-corrected chi connectivity index (χ2v) is 6.75. The number of hydrogen-bond acceptors (Lipinski definition) is 6. The molecule has 0 amide bonds. The molecule has 0 spiro atoms. The lowest BCUT2D eigenvalue weighted by Crippen LogP contribution is -2.23. The monoisotopic (exact) mass is 368 g/mol. The maximum Gasteiger partial charge on any atom is 0.243 e. The van der Waals surface area contributed by atoms with Gasteiger partial charge in [-0.25, -0.2) is 0 Å². The smallest absolute Gasteiger partial charge is 0.243 e. The molecule has 0 aliphatic carbocycles. The van der Waals surface area contributed by atoms with E-state index in [0.717, 1.165) is 0 Å². The van der Waals surface area contributed by atoms with Gasteiger partial charge in [-0.2, -0.15) is 0 Å². The predicted molar refractivity (Wildman–Crippen MR) is 97.1 cm³/mol. The Balaban J connectivity index is 0.000000362. The number of carboxylic acids is 2. The second kappa shape index (κ2) is 10.6. The van der Waals surface area contributed by atoms with Gasteiger partial charge in [0.1, 0.15) is 25.2 Å². The number of rotatable bonds is 2. The minimum absolute atomic E-state index is 0.384. The summed E-state index contributed by atoms with van der Waals surface area (Å²) in [5, 5.41) is 18.8. The Morgan fingerprint density at radius 1 is 0.885 bits per heavy atom. The molecule has 0 aromatic rings. The van der Waals surface area contributed by atoms with Crippen LogP contribution in [0.4, 0.5) is 0 Å². The van der Waals surface area contributed by atoms with Crippen molar-refractivity contribution < 1.29 is 29.0 Å². The first-order valence-corrected chi connectivity index (χ1v) is 8.53. The third-order valence-electron chi connectivity index (χ3n) is 4.88. The molecule has 0 saturated carbocycles. The van der Waals surface area contributed by atoms with E-state index in [-0.39, 0.29) is 0 Å². The highest BCUT2D eigenvalue weighted by Gasteiger charge is 2.27. The van der Waals surface area contributed by atoms with Crippen molar-refractivity contribution in [3.8, 4) is 0 Å². The summed E-state index contributed by atoms with van der Waals surface area (Å²) in [6, 6.07) is 1.38. The number of amidine groups is 2. The van der Waals surface area contributed by atoms with Crippen LogP contribution in [0.5, 0.6) is 0 Å². The standard InChI is InChI=1S/2C7H15N2.C4H4O4/c2*1-6-5-8(3)7(2)9(6)4;5-3(6)1-2-4(7)8/h2*6H,5H2,1-4H3;1-2H,(H,5,6)(H,7,8)/q2*+1;/p-2/b;;2-1-. The van der Waals surface area contributed by atoms with Gasteiger partial charge in [0.25, 0.3) is 0 Å². The highest BCUT2D eigenvalue weighted by atomic mass is 16.4. The van der Waals surface area contributed by atoms with Gasteiger partial charge in [-0.15, -0.1) is 0 Å². The molecule has 0 aromatic heterocycles. The molecule has 8 nitrogen and oxygen atoms in total. The van der Waals surface area contributed by atoms with Gasteiger partial charge in [0.15, 0.2) is 0 Å². The topological polar surface area (TPSA) is 92.8 Å². The average Bonchev–Trinajstić information content (AvgIpc) is 2.91. The number of hydrogen-bond donors (Lipinski definition) is 0. The van der Waals surface area contributed by atoms with Crippen LogP contribution < -0.4 is 10.2 Å². The van der Waals surface area contributed by atoms with E-state index in [9.17, 15) is 19.8 Å². The van der Waals surface area contributed by atoms with Crippen LogP contribution in [0.15, 0.2) is 12.2 Å². The van der Waals surface area contributed by atoms with E-state index in [1.165, 1.54) is 24.8 Å². The molecule has 0 radical (unpaired) electrons. The fourth-order valence-corrected chi connectivity index (χ4v) is 2.61. The van der Waals surface area contributed by atoms with Crippen LogP contribution in [0.25, 0.3) is 0 Å². The van der Waals surface area contributed by atoms with Gasteiger partial charge < -0.3 is 19.8 Å². The second-order valence-electron chi connectivity index (χ2n) is 6.75. The van der Waals surface area contributed by atoms with Crippen molar-refractivity contribution >= 4 is 23.6 Å². The van der Waals surface area contributed by atoms with Crippen LogP contribution in [-0.4, -0.2) is 95.9 Å². The van der Waals surface area contributed by atoms with E-state index in [2.05, 4.69) is 74.8 Å². The molecule has 2 heterocycles. The molecule has 0 N–H and O–H groups in total. The van der Waals surface area contributed by atoms with E-state index in [1.807, 2.05) is 0 Å². The summed E-state index contributed by atoms with van der Waals surface area (Å²) in [7, 11) is 8.55. The molecule has 0 bridgehead atoms. The van der Waals surface area contributed by atoms with Crippen LogP contribution in [-0.2, 0) is 9.59 Å². The minimum Gasteiger partial charge on any atom is -0.545 e. The predicted octanol–water partition coefficient (Wildman–Crippen LogP) is -2.20. The first kappa shape index (κ1) is 23.6. The zero-order chi connectivity index (χ0) is 20.6. The maximum atomic E-state index is 9.41. The quantitative estimate of drug-likeness (QED) is 0.406. The summed E-state index contributed by atoms with van der Waals surface area (Å²) in [5.41, 5.74) is 0. The van der Waals surface area contributed by atoms with Gasteiger partial charge in [0, 0.05) is 13.8 Å². The summed E-state index contributed by atoms with van der Waals surface area (Å²) in [4.78, 5) is 23.4. The third kappa shape index (κ3) is 7.67. The van der Waals surface area contributed by atoms with Crippen LogP contribution >= 0.6 is 0 Å². The Kier molecular flexibility index (Phi) is 9.61. The summed E-state index contributed by atoms with van der Waals surface area (Å²) < 4.78 is 4.61. The molecule has 0 saturated heterocycles. The van der Waals surface area contributed by atoms with E-state index < -0.39 is 11.9 Å². The Morgan fingerprint density at radius 2 is 1.15 bits per heavy atom. The normalized spacial score (nSPS) is 22.3.